The van der Waals surface area contributed by atoms with Gasteiger partial charge in [0.2, 0.25) is 0 Å². The topological polar surface area (TPSA) is 28.2 Å². The summed E-state index contributed by atoms with van der Waals surface area (Å²) in [5.74, 6) is 0. The van der Waals surface area contributed by atoms with Crippen LogP contribution in [0.5, 0.6) is 0 Å². The van der Waals surface area contributed by atoms with Gasteiger partial charge in [0.15, 0.2) is 0 Å². The molecule has 3 nitrogen and oxygen atoms in total. The quantitative estimate of drug-likeness (QED) is 0.870. The van der Waals surface area contributed by atoms with E-state index in [1.165, 1.54) is 22.4 Å². The third-order valence-electron chi connectivity index (χ3n) is 4.39. The molecule has 4 heteroatoms. The third kappa shape index (κ3) is 4.14. The Morgan fingerprint density at radius 3 is 2.61 bits per heavy atom. The van der Waals surface area contributed by atoms with Gasteiger partial charge in [0.1, 0.15) is 0 Å². The van der Waals surface area contributed by atoms with Crippen molar-refractivity contribution in [2.45, 2.75) is 24.3 Å². The number of benzene rings is 1. The number of rotatable bonds is 4. The molecule has 0 aliphatic carbocycles. The number of thioether (sulfide) groups is 1. The minimum atomic E-state index is 0.242. The lowest BCUT2D eigenvalue weighted by Crippen LogP contribution is -2.33. The summed E-state index contributed by atoms with van der Waals surface area (Å²) in [6, 6.07) is 13.6. The van der Waals surface area contributed by atoms with Crippen LogP contribution in [0.1, 0.15) is 29.3 Å². The monoisotopic (exact) mass is 327 g/mol. The number of aromatic nitrogens is 1. The first kappa shape index (κ1) is 16.5. The lowest BCUT2D eigenvalue weighted by Gasteiger charge is -2.30. The van der Waals surface area contributed by atoms with Crippen molar-refractivity contribution in [3.63, 3.8) is 0 Å². The van der Waals surface area contributed by atoms with Crippen LogP contribution in [-0.4, -0.2) is 42.3 Å². The van der Waals surface area contributed by atoms with Gasteiger partial charge in [0, 0.05) is 30.7 Å². The first-order valence-corrected chi connectivity index (χ1v) is 9.51. The molecule has 2 heterocycles. The summed E-state index contributed by atoms with van der Waals surface area (Å²) >= 11 is 1.79. The largest absolute Gasteiger partial charge is 0.315 e. The van der Waals surface area contributed by atoms with Crippen molar-refractivity contribution < 1.29 is 0 Å². The molecule has 1 aliphatic heterocycles. The molecule has 1 N–H and O–H groups in total. The van der Waals surface area contributed by atoms with Gasteiger partial charge in [-0.25, -0.2) is 0 Å². The zero-order valence-electron chi connectivity index (χ0n) is 14.0. The van der Waals surface area contributed by atoms with Crippen molar-refractivity contribution in [2.24, 2.45) is 0 Å². The van der Waals surface area contributed by atoms with Crippen molar-refractivity contribution in [1.82, 2.24) is 15.2 Å². The average molecular weight is 327 g/mol. The highest BCUT2D eigenvalue weighted by Crippen LogP contribution is 2.29. The van der Waals surface area contributed by atoms with E-state index in [9.17, 15) is 0 Å². The van der Waals surface area contributed by atoms with E-state index in [-0.39, 0.29) is 6.04 Å². The summed E-state index contributed by atoms with van der Waals surface area (Å²) in [5.41, 5.74) is 3.69. The van der Waals surface area contributed by atoms with Crippen LogP contribution in [0.15, 0.2) is 47.5 Å². The molecule has 1 aliphatic rings. The molecule has 1 saturated heterocycles. The van der Waals surface area contributed by atoms with Crippen molar-refractivity contribution in [2.75, 3.05) is 32.4 Å². The van der Waals surface area contributed by atoms with E-state index in [0.717, 1.165) is 31.9 Å². The summed E-state index contributed by atoms with van der Waals surface area (Å²) in [5, 5.41) is 3.50. The molecule has 1 unspecified atom stereocenters. The van der Waals surface area contributed by atoms with Crippen LogP contribution < -0.4 is 5.32 Å². The highest BCUT2D eigenvalue weighted by molar-refractivity contribution is 7.98. The Bertz CT molecular complexity index is 602. The van der Waals surface area contributed by atoms with E-state index >= 15 is 0 Å². The zero-order valence-corrected chi connectivity index (χ0v) is 14.8. The molecule has 23 heavy (non-hydrogen) atoms. The molecule has 0 amide bonds. The molecule has 3 rings (SSSR count). The van der Waals surface area contributed by atoms with Crippen LogP contribution in [-0.2, 0) is 0 Å². The Morgan fingerprint density at radius 2 is 1.91 bits per heavy atom. The molecule has 0 radical (unpaired) electrons. The van der Waals surface area contributed by atoms with Gasteiger partial charge in [-0.1, -0.05) is 18.2 Å². The lowest BCUT2D eigenvalue weighted by atomic mass is 10.0. The second kappa shape index (κ2) is 7.95. The molecule has 1 aromatic heterocycles. The SMILES string of the molecule is CSc1ccc(C(c2ccc(C)cn2)N2CCCNCC2)cc1. The van der Waals surface area contributed by atoms with Gasteiger partial charge in [-0.2, -0.15) is 0 Å². The fourth-order valence-corrected chi connectivity index (χ4v) is 3.53. The van der Waals surface area contributed by atoms with E-state index in [0.29, 0.717) is 0 Å². The maximum atomic E-state index is 4.74. The van der Waals surface area contributed by atoms with Crippen molar-refractivity contribution in [3.05, 3.63) is 59.4 Å². The Kier molecular flexibility index (Phi) is 5.70. The van der Waals surface area contributed by atoms with Crippen LogP contribution in [0.3, 0.4) is 0 Å². The predicted octanol–water partition coefficient (Wildman–Crippen LogP) is 3.50. The molecule has 122 valence electrons. The van der Waals surface area contributed by atoms with Gasteiger partial charge in [-0.05, 0) is 55.5 Å². The number of nitrogens with one attached hydrogen (secondary N) is 1. The molecular weight excluding hydrogens is 302 g/mol. The van der Waals surface area contributed by atoms with Crippen molar-refractivity contribution in [3.8, 4) is 0 Å². The average Bonchev–Trinajstić information content (AvgIpc) is 2.87. The van der Waals surface area contributed by atoms with E-state index < -0.39 is 0 Å². The van der Waals surface area contributed by atoms with Gasteiger partial charge >= 0.3 is 0 Å². The Morgan fingerprint density at radius 1 is 1.09 bits per heavy atom. The Labute approximate surface area is 143 Å². The molecule has 1 aromatic carbocycles. The smallest absolute Gasteiger partial charge is 0.0776 e. The number of nitrogens with zero attached hydrogens (tertiary/aromatic N) is 2. The summed E-state index contributed by atoms with van der Waals surface area (Å²) in [6.07, 6.45) is 5.29. The van der Waals surface area contributed by atoms with E-state index in [2.05, 4.69) is 59.8 Å². The van der Waals surface area contributed by atoms with Gasteiger partial charge in [-0.15, -0.1) is 11.8 Å². The van der Waals surface area contributed by atoms with Gasteiger partial charge in [-0.3, -0.25) is 9.88 Å². The fourth-order valence-electron chi connectivity index (χ4n) is 3.12. The molecule has 1 atom stereocenters. The summed E-state index contributed by atoms with van der Waals surface area (Å²) < 4.78 is 0. The fraction of sp³-hybridized carbons (Fsp3) is 0.421. The molecule has 0 bridgehead atoms. The minimum Gasteiger partial charge on any atom is -0.315 e. The predicted molar refractivity (Wildman–Crippen MR) is 98.1 cm³/mol. The first-order valence-electron chi connectivity index (χ1n) is 8.29. The van der Waals surface area contributed by atoms with Gasteiger partial charge < -0.3 is 5.32 Å². The van der Waals surface area contributed by atoms with Crippen molar-refractivity contribution in [1.29, 1.82) is 0 Å². The highest BCUT2D eigenvalue weighted by Gasteiger charge is 2.24. The normalized spacial score (nSPS) is 17.7. The molecule has 2 aromatic rings. The number of hydrogen-bond acceptors (Lipinski definition) is 4. The second-order valence-corrected chi connectivity index (χ2v) is 6.96. The van der Waals surface area contributed by atoms with Crippen LogP contribution in [0.2, 0.25) is 0 Å². The minimum absolute atomic E-state index is 0.242. The number of aryl methyl sites for hydroxylation is 1. The zero-order chi connectivity index (χ0) is 16.1. The van der Waals surface area contributed by atoms with Crippen LogP contribution >= 0.6 is 11.8 Å². The van der Waals surface area contributed by atoms with E-state index in [4.69, 9.17) is 4.98 Å². The van der Waals surface area contributed by atoms with Gasteiger partial charge in [0.25, 0.3) is 0 Å². The third-order valence-corrected chi connectivity index (χ3v) is 5.13. The second-order valence-electron chi connectivity index (χ2n) is 6.08. The first-order chi connectivity index (χ1) is 11.3. The van der Waals surface area contributed by atoms with Gasteiger partial charge in [0.05, 0.1) is 11.7 Å². The van der Waals surface area contributed by atoms with E-state index in [1.807, 2.05) is 6.20 Å². The summed E-state index contributed by atoms with van der Waals surface area (Å²) in [7, 11) is 0. The van der Waals surface area contributed by atoms with Crippen LogP contribution in [0, 0.1) is 6.92 Å². The summed E-state index contributed by atoms with van der Waals surface area (Å²) in [6.45, 7) is 6.41. The molecule has 0 spiro atoms. The number of hydrogen-bond donors (Lipinski definition) is 1. The highest BCUT2D eigenvalue weighted by atomic mass is 32.2. The maximum absolute atomic E-state index is 4.74. The molecule has 0 saturated carbocycles. The standard InChI is InChI=1S/C19H25N3S/c1-15-4-9-18(21-14-15)19(22-12-3-10-20-11-13-22)16-5-7-17(23-2)8-6-16/h4-9,14,19-20H,3,10-13H2,1-2H3. The Balaban J connectivity index is 1.95. The van der Waals surface area contributed by atoms with Crippen LogP contribution in [0.25, 0.3) is 0 Å². The van der Waals surface area contributed by atoms with Crippen molar-refractivity contribution >= 4 is 11.8 Å². The molecule has 1 fully saturated rings. The van der Waals surface area contributed by atoms with E-state index in [1.54, 1.807) is 11.8 Å². The number of pyridine rings is 1. The maximum Gasteiger partial charge on any atom is 0.0776 e. The molecular formula is C19H25N3S. The lowest BCUT2D eigenvalue weighted by molar-refractivity contribution is 0.237. The van der Waals surface area contributed by atoms with Crippen LogP contribution in [0.4, 0.5) is 0 Å². The Hall–Kier alpha value is -1.36. The summed E-state index contributed by atoms with van der Waals surface area (Å²) in [4.78, 5) is 8.60.